The second-order valence-corrected chi connectivity index (χ2v) is 8.79. The number of hydrogen-bond acceptors (Lipinski definition) is 4. The van der Waals surface area contributed by atoms with Gasteiger partial charge in [-0.25, -0.2) is 8.42 Å². The Labute approximate surface area is 149 Å². The van der Waals surface area contributed by atoms with Crippen LogP contribution < -0.4 is 9.47 Å². The van der Waals surface area contributed by atoms with Crippen LogP contribution in [0.2, 0.25) is 0 Å². The predicted octanol–water partition coefficient (Wildman–Crippen LogP) is 3.10. The molecule has 0 aromatic heterocycles. The average molecular weight is 410 g/mol. The van der Waals surface area contributed by atoms with E-state index in [1.807, 2.05) is 31.2 Å². The largest absolute Gasteiger partial charge is 0.454 e. The summed E-state index contributed by atoms with van der Waals surface area (Å²) in [4.78, 5) is 0.348. The van der Waals surface area contributed by atoms with E-state index in [1.54, 1.807) is 12.1 Å². The number of benzene rings is 2. The Kier molecular flexibility index (Phi) is 3.82. The van der Waals surface area contributed by atoms with Gasteiger partial charge in [-0.15, -0.1) is 0 Å². The molecular weight excluding hydrogens is 394 g/mol. The number of aryl methyl sites for hydroxylation is 1. The Bertz CT molecular complexity index is 896. The van der Waals surface area contributed by atoms with Crippen LogP contribution in [-0.2, 0) is 16.4 Å². The lowest BCUT2D eigenvalue weighted by molar-refractivity contribution is 0.174. The molecular formula is C17H16BrNO4S. The summed E-state index contributed by atoms with van der Waals surface area (Å²) in [6, 6.07) is 10.7. The molecule has 0 bridgehead atoms. The van der Waals surface area contributed by atoms with Crippen LogP contribution in [0, 0.1) is 6.92 Å². The van der Waals surface area contributed by atoms with E-state index in [1.165, 1.54) is 4.31 Å². The highest BCUT2D eigenvalue weighted by molar-refractivity contribution is 9.10. The summed E-state index contributed by atoms with van der Waals surface area (Å²) in [7, 11) is -3.41. The SMILES string of the molecule is Cc1ccc(S(=O)(=O)N2CC2Cc2cc3c(cc2Br)OCO3)cc1. The first-order valence-electron chi connectivity index (χ1n) is 7.62. The Hall–Kier alpha value is -1.57. The van der Waals surface area contributed by atoms with Crippen LogP contribution in [0.5, 0.6) is 11.5 Å². The lowest BCUT2D eigenvalue weighted by Gasteiger charge is -2.08. The van der Waals surface area contributed by atoms with Gasteiger partial charge in [-0.3, -0.25) is 0 Å². The second-order valence-electron chi connectivity index (χ2n) is 6.04. The van der Waals surface area contributed by atoms with E-state index >= 15 is 0 Å². The molecule has 2 heterocycles. The van der Waals surface area contributed by atoms with Crippen LogP contribution in [-0.4, -0.2) is 32.1 Å². The highest BCUT2D eigenvalue weighted by Crippen LogP contribution is 2.39. The van der Waals surface area contributed by atoms with Crippen molar-refractivity contribution in [1.82, 2.24) is 4.31 Å². The van der Waals surface area contributed by atoms with Crippen LogP contribution in [0.15, 0.2) is 45.8 Å². The number of sulfonamides is 1. The molecule has 2 atom stereocenters. The van der Waals surface area contributed by atoms with Gasteiger partial charge in [0, 0.05) is 17.1 Å². The molecule has 1 fully saturated rings. The Morgan fingerprint density at radius 2 is 1.83 bits per heavy atom. The van der Waals surface area contributed by atoms with Crippen molar-refractivity contribution in [3.8, 4) is 11.5 Å². The zero-order chi connectivity index (χ0) is 16.9. The molecule has 7 heteroatoms. The maximum absolute atomic E-state index is 12.6. The van der Waals surface area contributed by atoms with Gasteiger partial charge in [0.1, 0.15) is 0 Å². The van der Waals surface area contributed by atoms with Gasteiger partial charge in [-0.2, -0.15) is 4.31 Å². The minimum absolute atomic E-state index is 0.0204. The Morgan fingerprint density at radius 3 is 2.54 bits per heavy atom. The van der Waals surface area contributed by atoms with E-state index in [0.29, 0.717) is 29.4 Å². The summed E-state index contributed by atoms with van der Waals surface area (Å²) in [5.74, 6) is 1.42. The maximum Gasteiger partial charge on any atom is 0.243 e. The lowest BCUT2D eigenvalue weighted by atomic mass is 10.1. The highest BCUT2D eigenvalue weighted by Gasteiger charge is 2.44. The van der Waals surface area contributed by atoms with Gasteiger partial charge in [0.05, 0.1) is 4.90 Å². The molecule has 5 nitrogen and oxygen atoms in total. The van der Waals surface area contributed by atoms with Crippen molar-refractivity contribution in [2.75, 3.05) is 13.3 Å². The number of hydrogen-bond donors (Lipinski definition) is 0. The minimum Gasteiger partial charge on any atom is -0.454 e. The Morgan fingerprint density at radius 1 is 1.17 bits per heavy atom. The molecule has 4 rings (SSSR count). The highest BCUT2D eigenvalue weighted by atomic mass is 79.9. The van der Waals surface area contributed by atoms with Crippen molar-refractivity contribution in [2.45, 2.75) is 24.3 Å². The van der Waals surface area contributed by atoms with Gasteiger partial charge < -0.3 is 9.47 Å². The first-order valence-corrected chi connectivity index (χ1v) is 9.85. The van der Waals surface area contributed by atoms with Crippen LogP contribution in [0.4, 0.5) is 0 Å². The molecule has 2 aliphatic heterocycles. The third-order valence-electron chi connectivity index (χ3n) is 4.29. The van der Waals surface area contributed by atoms with Crippen molar-refractivity contribution < 1.29 is 17.9 Å². The monoisotopic (exact) mass is 409 g/mol. The molecule has 2 aromatic rings. The molecule has 2 aromatic carbocycles. The summed E-state index contributed by atoms with van der Waals surface area (Å²) in [5, 5.41) is 0. The van der Waals surface area contributed by atoms with E-state index in [0.717, 1.165) is 15.6 Å². The fraction of sp³-hybridized carbons (Fsp3) is 0.294. The smallest absolute Gasteiger partial charge is 0.243 e. The number of ether oxygens (including phenoxy) is 2. The first-order chi connectivity index (χ1) is 11.4. The van der Waals surface area contributed by atoms with Crippen LogP contribution in [0.25, 0.3) is 0 Å². The van der Waals surface area contributed by atoms with E-state index in [-0.39, 0.29) is 12.8 Å². The quantitative estimate of drug-likeness (QED) is 0.727. The topological polar surface area (TPSA) is 55.6 Å². The van der Waals surface area contributed by atoms with Crippen molar-refractivity contribution >= 4 is 26.0 Å². The van der Waals surface area contributed by atoms with E-state index in [4.69, 9.17) is 9.47 Å². The molecule has 1 saturated heterocycles. The molecule has 2 aliphatic rings. The van der Waals surface area contributed by atoms with Crippen molar-refractivity contribution in [1.29, 1.82) is 0 Å². The number of halogens is 1. The number of nitrogens with zero attached hydrogens (tertiary/aromatic N) is 1. The molecule has 0 radical (unpaired) electrons. The summed E-state index contributed by atoms with van der Waals surface area (Å²) in [5.41, 5.74) is 2.06. The van der Waals surface area contributed by atoms with Gasteiger partial charge in [0.25, 0.3) is 0 Å². The standard InChI is InChI=1S/C17H16BrNO4S/c1-11-2-4-14(5-3-11)24(20,21)19-9-13(19)6-12-7-16-17(8-15(12)18)23-10-22-16/h2-5,7-8,13H,6,9-10H2,1H3. The minimum atomic E-state index is -3.41. The fourth-order valence-electron chi connectivity index (χ4n) is 2.84. The van der Waals surface area contributed by atoms with E-state index < -0.39 is 10.0 Å². The third kappa shape index (κ3) is 2.81. The molecule has 0 N–H and O–H groups in total. The fourth-order valence-corrected chi connectivity index (χ4v) is 4.91. The van der Waals surface area contributed by atoms with Gasteiger partial charge in [-0.05, 0) is 43.2 Å². The molecule has 0 saturated carbocycles. The molecule has 126 valence electrons. The average Bonchev–Trinajstić information content (AvgIpc) is 3.18. The van der Waals surface area contributed by atoms with Gasteiger partial charge in [-0.1, -0.05) is 33.6 Å². The summed E-state index contributed by atoms with van der Waals surface area (Å²) in [6.45, 7) is 2.70. The van der Waals surface area contributed by atoms with Crippen molar-refractivity contribution in [2.24, 2.45) is 0 Å². The van der Waals surface area contributed by atoms with Gasteiger partial charge >= 0.3 is 0 Å². The van der Waals surface area contributed by atoms with Crippen LogP contribution >= 0.6 is 15.9 Å². The number of rotatable bonds is 4. The lowest BCUT2D eigenvalue weighted by Crippen LogP contribution is -2.15. The molecule has 0 amide bonds. The zero-order valence-electron chi connectivity index (χ0n) is 13.0. The molecule has 0 aliphatic carbocycles. The van der Waals surface area contributed by atoms with Gasteiger partial charge in [0.2, 0.25) is 16.8 Å². The summed E-state index contributed by atoms with van der Waals surface area (Å²) in [6.07, 6.45) is 0.641. The van der Waals surface area contributed by atoms with Crippen molar-refractivity contribution in [3.05, 3.63) is 52.0 Å². The number of fused-ring (bicyclic) bond motifs is 1. The van der Waals surface area contributed by atoms with E-state index in [2.05, 4.69) is 15.9 Å². The van der Waals surface area contributed by atoms with E-state index in [9.17, 15) is 8.42 Å². The maximum atomic E-state index is 12.6. The normalized spacial score (nSPS) is 21.8. The molecule has 24 heavy (non-hydrogen) atoms. The second kappa shape index (κ2) is 5.75. The third-order valence-corrected chi connectivity index (χ3v) is 6.96. The van der Waals surface area contributed by atoms with Crippen LogP contribution in [0.1, 0.15) is 11.1 Å². The molecule has 2 unspecified atom stereocenters. The van der Waals surface area contributed by atoms with Crippen LogP contribution in [0.3, 0.4) is 0 Å². The Balaban J connectivity index is 1.52. The van der Waals surface area contributed by atoms with Gasteiger partial charge in [0.15, 0.2) is 11.5 Å². The zero-order valence-corrected chi connectivity index (χ0v) is 15.4. The first kappa shape index (κ1) is 15.9. The molecule has 0 spiro atoms. The van der Waals surface area contributed by atoms with Crippen molar-refractivity contribution in [3.63, 3.8) is 0 Å². The summed E-state index contributed by atoms with van der Waals surface area (Å²) >= 11 is 3.53. The summed E-state index contributed by atoms with van der Waals surface area (Å²) < 4.78 is 38.5. The predicted molar refractivity (Wildman–Crippen MR) is 92.8 cm³/mol.